The molecule has 2 aliphatic rings. The van der Waals surface area contributed by atoms with Crippen molar-refractivity contribution in [1.82, 2.24) is 4.90 Å². The highest BCUT2D eigenvalue weighted by Crippen LogP contribution is 2.32. The molecular weight excluding hydrogens is 412 g/mol. The molecular formula is C25H35ClN2O3. The third-order valence-corrected chi connectivity index (χ3v) is 6.75. The second-order valence-corrected chi connectivity index (χ2v) is 8.67. The second-order valence-electron chi connectivity index (χ2n) is 8.26. The molecule has 31 heavy (non-hydrogen) atoms. The van der Waals surface area contributed by atoms with Crippen molar-refractivity contribution in [2.24, 2.45) is 0 Å². The van der Waals surface area contributed by atoms with Crippen LogP contribution in [0.5, 0.6) is 11.5 Å². The molecule has 170 valence electrons. The van der Waals surface area contributed by atoms with Crippen molar-refractivity contribution in [2.75, 3.05) is 51.4 Å². The van der Waals surface area contributed by atoms with E-state index in [1.54, 1.807) is 7.11 Å². The van der Waals surface area contributed by atoms with Gasteiger partial charge in [0.1, 0.15) is 11.5 Å². The lowest BCUT2D eigenvalue weighted by molar-refractivity contribution is 0.198. The number of aromatic hydroxyl groups is 1. The number of anilines is 1. The Morgan fingerprint density at radius 3 is 2.26 bits per heavy atom. The minimum atomic E-state index is 0.330. The molecule has 2 aromatic carbocycles. The molecule has 4 rings (SSSR count). The van der Waals surface area contributed by atoms with Crippen LogP contribution in [0.3, 0.4) is 0 Å². The van der Waals surface area contributed by atoms with Gasteiger partial charge < -0.3 is 19.5 Å². The van der Waals surface area contributed by atoms with E-state index in [1.165, 1.54) is 24.0 Å². The number of halogens is 1. The predicted octanol–water partition coefficient (Wildman–Crippen LogP) is 5.35. The van der Waals surface area contributed by atoms with Crippen molar-refractivity contribution in [3.8, 4) is 11.5 Å². The zero-order valence-corrected chi connectivity index (χ0v) is 19.9. The highest BCUT2D eigenvalue weighted by atomic mass is 35.5. The summed E-state index contributed by atoms with van der Waals surface area (Å²) in [5.41, 5.74) is 4.60. The van der Waals surface area contributed by atoms with E-state index < -0.39 is 0 Å². The van der Waals surface area contributed by atoms with Gasteiger partial charge in [0.25, 0.3) is 0 Å². The van der Waals surface area contributed by atoms with E-state index in [0.717, 1.165) is 56.4 Å². The number of hydrogen-bond donors (Lipinski definition) is 1. The van der Waals surface area contributed by atoms with Crippen LogP contribution >= 0.6 is 11.6 Å². The lowest BCUT2D eigenvalue weighted by Crippen LogP contribution is -2.47. The standard InChI is InChI=1S/C21H27ClN2O2.C4H8O/c1-14-15(2)20(25)8-6-18(14)16(3)23-9-11-24(12-10-23)17-5-7-19(22)21(13-17)26-4;1-2-4-5-3-1/h5-8,13,16,25H,9-12H2,1-4H3;1-4H2. The molecule has 0 amide bonds. The van der Waals surface area contributed by atoms with Crippen LogP contribution in [0, 0.1) is 13.8 Å². The first-order valence-corrected chi connectivity index (χ1v) is 11.5. The summed E-state index contributed by atoms with van der Waals surface area (Å²) in [7, 11) is 1.65. The summed E-state index contributed by atoms with van der Waals surface area (Å²) < 4.78 is 10.3. The van der Waals surface area contributed by atoms with Crippen LogP contribution in [0.2, 0.25) is 5.02 Å². The zero-order chi connectivity index (χ0) is 22.4. The Morgan fingerprint density at radius 2 is 1.68 bits per heavy atom. The average Bonchev–Trinajstić information content (AvgIpc) is 3.38. The summed E-state index contributed by atoms with van der Waals surface area (Å²) in [6.07, 6.45) is 2.56. The molecule has 1 unspecified atom stereocenters. The maximum Gasteiger partial charge on any atom is 0.139 e. The van der Waals surface area contributed by atoms with Crippen molar-refractivity contribution in [3.05, 3.63) is 52.0 Å². The molecule has 2 fully saturated rings. The van der Waals surface area contributed by atoms with Gasteiger partial charge in [0.2, 0.25) is 0 Å². The number of rotatable bonds is 4. The number of phenolic OH excluding ortho intramolecular Hbond substituents is 1. The van der Waals surface area contributed by atoms with Crippen molar-refractivity contribution in [2.45, 2.75) is 39.7 Å². The first kappa shape index (κ1) is 23.7. The summed E-state index contributed by atoms with van der Waals surface area (Å²) in [4.78, 5) is 4.87. The second kappa shape index (κ2) is 11.1. The summed E-state index contributed by atoms with van der Waals surface area (Å²) in [6.45, 7) is 12.2. The van der Waals surface area contributed by atoms with Crippen LogP contribution < -0.4 is 9.64 Å². The Morgan fingerprint density at radius 1 is 1.00 bits per heavy atom. The third-order valence-electron chi connectivity index (χ3n) is 6.44. The zero-order valence-electron chi connectivity index (χ0n) is 19.2. The van der Waals surface area contributed by atoms with Gasteiger partial charge in [-0.25, -0.2) is 0 Å². The number of ether oxygens (including phenoxy) is 2. The topological polar surface area (TPSA) is 45.2 Å². The van der Waals surface area contributed by atoms with Crippen LogP contribution in [-0.2, 0) is 4.74 Å². The van der Waals surface area contributed by atoms with E-state index in [2.05, 4.69) is 35.8 Å². The molecule has 2 aliphatic heterocycles. The average molecular weight is 447 g/mol. The van der Waals surface area contributed by atoms with Gasteiger partial charge in [-0.2, -0.15) is 0 Å². The normalized spacial score (nSPS) is 17.8. The predicted molar refractivity (Wildman–Crippen MR) is 128 cm³/mol. The molecule has 0 aromatic heterocycles. The lowest BCUT2D eigenvalue weighted by Gasteiger charge is -2.39. The maximum absolute atomic E-state index is 9.90. The van der Waals surface area contributed by atoms with Crippen LogP contribution in [0.1, 0.15) is 42.5 Å². The minimum Gasteiger partial charge on any atom is -0.508 e. The molecule has 1 N–H and O–H groups in total. The Kier molecular flexibility index (Phi) is 8.47. The number of benzene rings is 2. The molecule has 0 spiro atoms. The Labute approximate surface area is 191 Å². The van der Waals surface area contributed by atoms with Gasteiger partial charge in [-0.05, 0) is 68.5 Å². The van der Waals surface area contributed by atoms with Gasteiger partial charge in [-0.1, -0.05) is 17.7 Å². The van der Waals surface area contributed by atoms with E-state index in [9.17, 15) is 5.11 Å². The van der Waals surface area contributed by atoms with Crippen molar-refractivity contribution in [1.29, 1.82) is 0 Å². The highest BCUT2D eigenvalue weighted by Gasteiger charge is 2.24. The first-order valence-electron chi connectivity index (χ1n) is 11.1. The van der Waals surface area contributed by atoms with Crippen molar-refractivity contribution < 1.29 is 14.6 Å². The molecule has 0 aliphatic carbocycles. The summed E-state index contributed by atoms with van der Waals surface area (Å²) in [5.74, 6) is 1.09. The molecule has 0 bridgehead atoms. The Hall–Kier alpha value is -1.95. The smallest absolute Gasteiger partial charge is 0.139 e. The van der Waals surface area contributed by atoms with E-state index in [0.29, 0.717) is 16.8 Å². The van der Waals surface area contributed by atoms with Gasteiger partial charge in [-0.15, -0.1) is 0 Å². The fourth-order valence-corrected chi connectivity index (χ4v) is 4.39. The van der Waals surface area contributed by atoms with Crippen molar-refractivity contribution >= 4 is 17.3 Å². The van der Waals surface area contributed by atoms with E-state index in [4.69, 9.17) is 21.1 Å². The van der Waals surface area contributed by atoms with E-state index in [1.807, 2.05) is 25.1 Å². The van der Waals surface area contributed by atoms with Gasteiger partial charge in [-0.3, -0.25) is 4.90 Å². The molecule has 1 atom stereocenters. The van der Waals surface area contributed by atoms with Gasteiger partial charge in [0, 0.05) is 57.2 Å². The fourth-order valence-electron chi connectivity index (χ4n) is 4.20. The van der Waals surface area contributed by atoms with Crippen LogP contribution in [0.15, 0.2) is 30.3 Å². The summed E-state index contributed by atoms with van der Waals surface area (Å²) in [5, 5.41) is 10.5. The molecule has 2 aromatic rings. The van der Waals surface area contributed by atoms with Crippen molar-refractivity contribution in [3.63, 3.8) is 0 Å². The summed E-state index contributed by atoms with van der Waals surface area (Å²) in [6, 6.07) is 10.2. The van der Waals surface area contributed by atoms with E-state index >= 15 is 0 Å². The number of methoxy groups -OCH3 is 1. The van der Waals surface area contributed by atoms with Gasteiger partial charge in [0.15, 0.2) is 0 Å². The SMILES string of the molecule is C1CCOC1.COc1cc(N2CCN(C(C)c3ccc(O)c(C)c3C)CC2)ccc1Cl. The van der Waals surface area contributed by atoms with Gasteiger partial charge >= 0.3 is 0 Å². The Bertz CT molecular complexity index is 854. The molecule has 0 saturated carbocycles. The number of phenols is 1. The summed E-state index contributed by atoms with van der Waals surface area (Å²) >= 11 is 6.14. The molecule has 5 nitrogen and oxygen atoms in total. The maximum atomic E-state index is 9.90. The Balaban J connectivity index is 0.000000478. The highest BCUT2D eigenvalue weighted by molar-refractivity contribution is 6.32. The first-order chi connectivity index (χ1) is 14.9. The number of nitrogens with zero attached hydrogens (tertiary/aromatic N) is 2. The van der Waals surface area contributed by atoms with Crippen LogP contribution in [-0.4, -0.2) is 56.5 Å². The number of hydrogen-bond acceptors (Lipinski definition) is 5. The fraction of sp³-hybridized carbons (Fsp3) is 0.520. The largest absolute Gasteiger partial charge is 0.508 e. The third kappa shape index (κ3) is 5.85. The molecule has 0 radical (unpaired) electrons. The monoisotopic (exact) mass is 446 g/mol. The van der Waals surface area contributed by atoms with E-state index in [-0.39, 0.29) is 0 Å². The molecule has 2 saturated heterocycles. The van der Waals surface area contributed by atoms with Crippen LogP contribution in [0.25, 0.3) is 0 Å². The van der Waals surface area contributed by atoms with Crippen LogP contribution in [0.4, 0.5) is 5.69 Å². The minimum absolute atomic E-state index is 0.330. The quantitative estimate of drug-likeness (QED) is 0.685. The molecule has 2 heterocycles. The molecule has 6 heteroatoms. The lowest BCUT2D eigenvalue weighted by atomic mass is 9.96. The number of piperazine rings is 1. The van der Waals surface area contributed by atoms with Gasteiger partial charge in [0.05, 0.1) is 12.1 Å².